The molecule has 5 nitrogen and oxygen atoms in total. The van der Waals surface area contributed by atoms with Crippen LogP contribution in [0, 0.1) is 13.8 Å². The maximum Gasteiger partial charge on any atom is 0.188 e. The summed E-state index contributed by atoms with van der Waals surface area (Å²) in [7, 11) is -5.92. The number of benzene rings is 9. The van der Waals surface area contributed by atoms with E-state index < -0.39 is 16.1 Å². The predicted octanol–water partition coefficient (Wildman–Crippen LogP) is 8.46. The molecule has 0 N–H and O–H groups in total. The Labute approximate surface area is 386 Å². The van der Waals surface area contributed by atoms with E-state index in [9.17, 15) is 0 Å². The zero-order chi connectivity index (χ0) is 44.2. The van der Waals surface area contributed by atoms with E-state index in [1.54, 1.807) is 0 Å². The molecule has 0 radical (unpaired) electrons. The Bertz CT molecular complexity index is 3160. The Morgan fingerprint density at radius 1 is 0.303 bits per heavy atom. The van der Waals surface area contributed by atoms with Gasteiger partial charge in [-0.3, -0.25) is 0 Å². The first kappa shape index (κ1) is 39.6. The fraction of sp³-hybridized carbons (Fsp3) is 0.0339. The number of para-hydroxylation sites is 4. The second-order valence-corrected chi connectivity index (χ2v) is 24.6. The summed E-state index contributed by atoms with van der Waals surface area (Å²) in [6, 6.07) is 80.3. The first-order valence-corrected chi connectivity index (χ1v) is 26.4. The van der Waals surface area contributed by atoms with Crippen molar-refractivity contribution in [3.05, 3.63) is 236 Å². The van der Waals surface area contributed by atoms with Crippen LogP contribution >= 0.6 is 0 Å². The Kier molecular flexibility index (Phi) is 9.55. The first-order valence-electron chi connectivity index (χ1n) is 22.4. The number of hydrogen-bond acceptors (Lipinski definition) is 5. The number of aromatic nitrogens is 3. The van der Waals surface area contributed by atoms with Crippen molar-refractivity contribution in [2.24, 2.45) is 0 Å². The van der Waals surface area contributed by atoms with E-state index in [1.165, 1.54) is 31.1 Å². The van der Waals surface area contributed by atoms with E-state index >= 15 is 0 Å². The summed E-state index contributed by atoms with van der Waals surface area (Å²) >= 11 is 0. The molecule has 0 saturated heterocycles. The van der Waals surface area contributed by atoms with E-state index in [2.05, 4.69) is 238 Å². The molecule has 0 saturated carbocycles. The SMILES string of the molecule is Cc1cccc(C)c1-c1nc(-c2cccc3c2Oc2ccccc2[Si]3(c2ccccc2)c2ccccc2)nc(-c2cccc3c2Oc2ccccc2[Si]3(c2ccccc2)c2ccccc2)n1. The molecule has 0 fully saturated rings. The van der Waals surface area contributed by atoms with Crippen LogP contribution in [0.4, 0.5) is 0 Å². The van der Waals surface area contributed by atoms with Crippen LogP contribution in [-0.4, -0.2) is 31.1 Å². The minimum absolute atomic E-state index is 0.529. The average molecular weight is 882 g/mol. The molecule has 0 amide bonds. The summed E-state index contributed by atoms with van der Waals surface area (Å²) < 4.78 is 14.3. The van der Waals surface area contributed by atoms with Crippen LogP contribution in [0.1, 0.15) is 11.1 Å². The van der Waals surface area contributed by atoms with E-state index in [4.69, 9.17) is 24.4 Å². The molecule has 3 heterocycles. The van der Waals surface area contributed by atoms with Gasteiger partial charge in [-0.1, -0.05) is 200 Å². The Morgan fingerprint density at radius 2 is 0.621 bits per heavy atom. The monoisotopic (exact) mass is 881 g/mol. The molecule has 2 aliphatic heterocycles. The van der Waals surface area contributed by atoms with E-state index in [0.29, 0.717) is 17.5 Å². The topological polar surface area (TPSA) is 57.1 Å². The first-order chi connectivity index (χ1) is 32.6. The minimum Gasteiger partial charge on any atom is -0.457 e. The summed E-state index contributed by atoms with van der Waals surface area (Å²) in [5, 5.41) is 9.79. The highest BCUT2D eigenvalue weighted by atomic mass is 28.3. The van der Waals surface area contributed by atoms with Crippen molar-refractivity contribution in [2.75, 3.05) is 0 Å². The molecule has 7 heteroatoms. The molecule has 2 aliphatic rings. The lowest BCUT2D eigenvalue weighted by atomic mass is 10.0. The average Bonchev–Trinajstić information content (AvgIpc) is 3.38. The van der Waals surface area contributed by atoms with Crippen LogP contribution in [0.25, 0.3) is 34.2 Å². The van der Waals surface area contributed by atoms with Gasteiger partial charge < -0.3 is 9.47 Å². The smallest absolute Gasteiger partial charge is 0.188 e. The number of hydrogen-bond donors (Lipinski definition) is 0. The number of ether oxygens (including phenoxy) is 2. The Hall–Kier alpha value is -7.98. The van der Waals surface area contributed by atoms with Crippen LogP contribution < -0.4 is 51.0 Å². The molecule has 10 aromatic rings. The lowest BCUT2D eigenvalue weighted by molar-refractivity contribution is 0.488. The van der Waals surface area contributed by atoms with Gasteiger partial charge in [-0.25, -0.2) is 15.0 Å². The third-order valence-corrected chi connectivity index (χ3v) is 23.1. The molecule has 66 heavy (non-hydrogen) atoms. The molecule has 1 aromatic heterocycles. The van der Waals surface area contributed by atoms with Gasteiger partial charge in [0.1, 0.15) is 23.0 Å². The second-order valence-electron chi connectivity index (χ2n) is 17.1. The van der Waals surface area contributed by atoms with Crippen molar-refractivity contribution >= 4 is 57.6 Å². The summed E-state index contributed by atoms with van der Waals surface area (Å²) in [4.78, 5) is 16.4. The predicted molar refractivity (Wildman–Crippen MR) is 273 cm³/mol. The summed E-state index contributed by atoms with van der Waals surface area (Å²) in [6.07, 6.45) is 0. The molecule has 0 unspecified atom stereocenters. The molecule has 314 valence electrons. The van der Waals surface area contributed by atoms with E-state index in [-0.39, 0.29) is 0 Å². The van der Waals surface area contributed by atoms with Crippen LogP contribution in [0.2, 0.25) is 0 Å². The zero-order valence-corrected chi connectivity index (χ0v) is 38.5. The van der Waals surface area contributed by atoms with Gasteiger partial charge in [-0.05, 0) is 90.7 Å². The summed E-state index contributed by atoms with van der Waals surface area (Å²) in [5.41, 5.74) is 4.74. The summed E-state index contributed by atoms with van der Waals surface area (Å²) in [5.74, 6) is 4.86. The molecule has 9 aromatic carbocycles. The quantitative estimate of drug-likeness (QED) is 0.151. The standard InChI is InChI=1S/C59H43N3O2Si2/c1-40-22-19-23-41(2)54(40)59-61-57(46-32-20-38-52-55(46)63-48-34-15-17-36-50(48)65(52,42-24-7-3-8-25-42)43-26-9-4-10-27-43)60-58(62-59)47-33-21-39-53-56(47)64-49-35-16-18-37-51(49)66(53,44-28-11-5-12-29-44)45-30-13-6-14-31-45/h3-39H,1-2H3. The maximum absolute atomic E-state index is 7.17. The van der Waals surface area contributed by atoms with E-state index in [1.807, 2.05) is 0 Å². The zero-order valence-electron chi connectivity index (χ0n) is 36.5. The van der Waals surface area contributed by atoms with Crippen LogP contribution in [-0.2, 0) is 0 Å². The summed E-state index contributed by atoms with van der Waals surface area (Å²) in [6.45, 7) is 4.25. The number of fused-ring (bicyclic) bond motifs is 4. The molecule has 0 bridgehead atoms. The van der Waals surface area contributed by atoms with Gasteiger partial charge in [0, 0.05) is 5.56 Å². The van der Waals surface area contributed by atoms with Crippen molar-refractivity contribution in [2.45, 2.75) is 13.8 Å². The highest BCUT2D eigenvalue weighted by molar-refractivity contribution is 7.21. The van der Waals surface area contributed by atoms with Gasteiger partial charge in [0.05, 0.1) is 11.1 Å². The molecule has 0 atom stereocenters. The molecular formula is C59H43N3O2Si2. The number of nitrogens with zero attached hydrogens (tertiary/aromatic N) is 3. The highest BCUT2D eigenvalue weighted by Gasteiger charge is 2.50. The van der Waals surface area contributed by atoms with Crippen LogP contribution in [0.5, 0.6) is 23.0 Å². The molecular weight excluding hydrogens is 839 g/mol. The Balaban J connectivity index is 1.15. The lowest BCUT2D eigenvalue weighted by Gasteiger charge is -2.40. The maximum atomic E-state index is 7.17. The molecule has 12 rings (SSSR count). The van der Waals surface area contributed by atoms with Crippen molar-refractivity contribution in [3.8, 4) is 57.2 Å². The van der Waals surface area contributed by atoms with E-state index in [0.717, 1.165) is 61.2 Å². The number of rotatable bonds is 7. The third kappa shape index (κ3) is 6.01. The van der Waals surface area contributed by atoms with Crippen molar-refractivity contribution < 1.29 is 9.47 Å². The van der Waals surface area contributed by atoms with Crippen molar-refractivity contribution in [1.29, 1.82) is 0 Å². The van der Waals surface area contributed by atoms with Gasteiger partial charge in [-0.15, -0.1) is 0 Å². The fourth-order valence-corrected chi connectivity index (χ4v) is 20.7. The normalized spacial score (nSPS) is 13.8. The molecule has 0 aliphatic carbocycles. The van der Waals surface area contributed by atoms with Gasteiger partial charge >= 0.3 is 0 Å². The molecule has 0 spiro atoms. The fourth-order valence-electron chi connectivity index (χ4n) is 10.7. The Morgan fingerprint density at radius 3 is 1.02 bits per heavy atom. The minimum atomic E-state index is -2.96. The second kappa shape index (κ2) is 15.9. The van der Waals surface area contributed by atoms with Crippen LogP contribution in [0.3, 0.4) is 0 Å². The van der Waals surface area contributed by atoms with Crippen LogP contribution in [0.15, 0.2) is 224 Å². The largest absolute Gasteiger partial charge is 0.457 e. The van der Waals surface area contributed by atoms with Gasteiger partial charge in [-0.2, -0.15) is 0 Å². The van der Waals surface area contributed by atoms with Gasteiger partial charge in [0.15, 0.2) is 33.6 Å². The lowest BCUT2D eigenvalue weighted by Crippen LogP contribution is -2.76. The highest BCUT2D eigenvalue weighted by Crippen LogP contribution is 2.40. The third-order valence-electron chi connectivity index (χ3n) is 13.5. The number of aryl methyl sites for hydroxylation is 2. The van der Waals surface area contributed by atoms with Gasteiger partial charge in [0.25, 0.3) is 0 Å². The van der Waals surface area contributed by atoms with Crippen molar-refractivity contribution in [1.82, 2.24) is 15.0 Å². The van der Waals surface area contributed by atoms with Crippen molar-refractivity contribution in [3.63, 3.8) is 0 Å². The van der Waals surface area contributed by atoms with Gasteiger partial charge in [0.2, 0.25) is 0 Å².